The van der Waals surface area contributed by atoms with Crippen molar-refractivity contribution in [2.75, 3.05) is 0 Å². The summed E-state index contributed by atoms with van der Waals surface area (Å²) in [5, 5.41) is 8.97. The first kappa shape index (κ1) is 17.2. The number of benzene rings is 1. The van der Waals surface area contributed by atoms with Gasteiger partial charge >= 0.3 is 0 Å². The number of nitriles is 1. The van der Waals surface area contributed by atoms with E-state index < -0.39 is 0 Å². The summed E-state index contributed by atoms with van der Waals surface area (Å²) >= 11 is 0. The summed E-state index contributed by atoms with van der Waals surface area (Å²) < 4.78 is 14.3. The van der Waals surface area contributed by atoms with Crippen LogP contribution in [0, 0.1) is 29.0 Å². The third-order valence-corrected chi connectivity index (χ3v) is 6.01. The van der Waals surface area contributed by atoms with E-state index in [0.29, 0.717) is 12.3 Å². The minimum atomic E-state index is -0.301. The van der Waals surface area contributed by atoms with E-state index in [1.165, 1.54) is 56.9 Å². The topological polar surface area (TPSA) is 23.8 Å². The van der Waals surface area contributed by atoms with Gasteiger partial charge in [-0.2, -0.15) is 5.26 Å². The molecule has 2 heteroatoms. The number of unbranched alkanes of at least 4 members (excludes halogenated alkanes) is 2. The van der Waals surface area contributed by atoms with Gasteiger partial charge in [0, 0.05) is 0 Å². The molecule has 2 aliphatic rings. The molecule has 0 bridgehead atoms. The summed E-state index contributed by atoms with van der Waals surface area (Å²) in [6.45, 7) is 2.27. The second-order valence-electron chi connectivity index (χ2n) is 7.55. The second-order valence-corrected chi connectivity index (χ2v) is 7.55. The third kappa shape index (κ3) is 3.72. The predicted molar refractivity (Wildman–Crippen MR) is 96.2 cm³/mol. The molecule has 0 unspecified atom stereocenters. The van der Waals surface area contributed by atoms with Crippen LogP contribution in [0.4, 0.5) is 4.39 Å². The Morgan fingerprint density at radius 1 is 1.17 bits per heavy atom. The van der Waals surface area contributed by atoms with Crippen molar-refractivity contribution < 1.29 is 4.39 Å². The molecule has 0 atom stereocenters. The maximum atomic E-state index is 14.3. The van der Waals surface area contributed by atoms with E-state index in [1.807, 2.05) is 12.1 Å². The van der Waals surface area contributed by atoms with Crippen LogP contribution < -0.4 is 0 Å². The summed E-state index contributed by atoms with van der Waals surface area (Å²) in [6, 6.07) is 5.55. The molecule has 1 aromatic rings. The van der Waals surface area contributed by atoms with Crippen molar-refractivity contribution in [1.29, 1.82) is 5.26 Å². The molecule has 0 spiro atoms. The fourth-order valence-corrected chi connectivity index (χ4v) is 4.48. The lowest BCUT2D eigenvalue weighted by Crippen LogP contribution is -2.19. The maximum absolute atomic E-state index is 14.3. The van der Waals surface area contributed by atoms with Gasteiger partial charge in [0.15, 0.2) is 0 Å². The van der Waals surface area contributed by atoms with Crippen molar-refractivity contribution in [3.63, 3.8) is 0 Å². The van der Waals surface area contributed by atoms with E-state index in [2.05, 4.69) is 13.0 Å². The van der Waals surface area contributed by atoms with Gasteiger partial charge in [0.05, 0.1) is 5.56 Å². The van der Waals surface area contributed by atoms with Crippen molar-refractivity contribution in [3.8, 4) is 6.07 Å². The van der Waals surface area contributed by atoms with Crippen LogP contribution in [-0.2, 0) is 12.8 Å². The number of allylic oxidation sites excluding steroid dienone is 2. The van der Waals surface area contributed by atoms with E-state index in [-0.39, 0.29) is 11.4 Å². The molecule has 2 aliphatic carbocycles. The zero-order valence-electron chi connectivity index (χ0n) is 14.8. The Labute approximate surface area is 145 Å². The quantitative estimate of drug-likeness (QED) is 0.473. The van der Waals surface area contributed by atoms with Gasteiger partial charge in [-0.15, -0.1) is 0 Å². The summed E-state index contributed by atoms with van der Waals surface area (Å²) in [5.74, 6) is 1.32. The van der Waals surface area contributed by atoms with Crippen LogP contribution in [0.5, 0.6) is 0 Å². The van der Waals surface area contributed by atoms with Crippen LogP contribution in [0.2, 0.25) is 0 Å². The average molecular weight is 325 g/mol. The molecule has 0 N–H and O–H groups in total. The zero-order valence-corrected chi connectivity index (χ0v) is 14.8. The van der Waals surface area contributed by atoms with Crippen molar-refractivity contribution in [2.24, 2.45) is 11.8 Å². The van der Waals surface area contributed by atoms with Gasteiger partial charge in [-0.25, -0.2) is 4.39 Å². The van der Waals surface area contributed by atoms with Gasteiger partial charge in [0.2, 0.25) is 0 Å². The Kier molecular flexibility index (Phi) is 5.72. The van der Waals surface area contributed by atoms with Crippen LogP contribution in [-0.4, -0.2) is 0 Å². The van der Waals surface area contributed by atoms with Crippen LogP contribution in [0.3, 0.4) is 0 Å². The lowest BCUT2D eigenvalue weighted by Gasteiger charge is -2.32. The lowest BCUT2D eigenvalue weighted by atomic mass is 9.73. The number of fused-ring (bicyclic) bond motifs is 1. The molecule has 1 fully saturated rings. The maximum Gasteiger partial charge on any atom is 0.144 e. The molecule has 3 rings (SSSR count). The number of halogens is 1. The smallest absolute Gasteiger partial charge is 0.144 e. The molecule has 24 heavy (non-hydrogen) atoms. The first-order valence-electron chi connectivity index (χ1n) is 9.62. The van der Waals surface area contributed by atoms with Gasteiger partial charge in [0.1, 0.15) is 11.9 Å². The SMILES string of the molecule is CCCCCC1CCC(C2=CCc3c(ccc(C#N)c3F)C2)CC1. The molecular weight excluding hydrogens is 297 g/mol. The van der Waals surface area contributed by atoms with E-state index in [1.54, 1.807) is 6.07 Å². The van der Waals surface area contributed by atoms with E-state index in [4.69, 9.17) is 5.26 Å². The summed E-state index contributed by atoms with van der Waals surface area (Å²) in [7, 11) is 0. The first-order chi connectivity index (χ1) is 11.7. The van der Waals surface area contributed by atoms with Crippen molar-refractivity contribution in [3.05, 3.63) is 46.3 Å². The summed E-state index contributed by atoms with van der Waals surface area (Å²) in [5.41, 5.74) is 3.52. The molecule has 128 valence electrons. The van der Waals surface area contributed by atoms with E-state index >= 15 is 0 Å². The molecule has 1 nitrogen and oxygen atoms in total. The normalized spacial score (nSPS) is 23.3. The Morgan fingerprint density at radius 3 is 2.67 bits per heavy atom. The van der Waals surface area contributed by atoms with Crippen molar-refractivity contribution in [2.45, 2.75) is 71.1 Å². The minimum absolute atomic E-state index is 0.179. The molecule has 0 aliphatic heterocycles. The molecule has 0 radical (unpaired) electrons. The minimum Gasteiger partial charge on any atom is -0.205 e. The first-order valence-corrected chi connectivity index (χ1v) is 9.62. The highest BCUT2D eigenvalue weighted by atomic mass is 19.1. The fourth-order valence-electron chi connectivity index (χ4n) is 4.48. The van der Waals surface area contributed by atoms with E-state index in [9.17, 15) is 4.39 Å². The van der Waals surface area contributed by atoms with Gasteiger partial charge in [-0.1, -0.05) is 50.3 Å². The van der Waals surface area contributed by atoms with Crippen LogP contribution in [0.25, 0.3) is 0 Å². The zero-order chi connectivity index (χ0) is 16.9. The van der Waals surface area contributed by atoms with Gasteiger partial charge in [0.25, 0.3) is 0 Å². The number of hydrogen-bond donors (Lipinski definition) is 0. The van der Waals surface area contributed by atoms with Crippen LogP contribution in [0.15, 0.2) is 23.8 Å². The monoisotopic (exact) mass is 325 g/mol. The van der Waals surface area contributed by atoms with Gasteiger partial charge in [-0.3, -0.25) is 0 Å². The highest BCUT2D eigenvalue weighted by molar-refractivity contribution is 5.45. The van der Waals surface area contributed by atoms with E-state index in [0.717, 1.165) is 23.5 Å². The van der Waals surface area contributed by atoms with Crippen molar-refractivity contribution in [1.82, 2.24) is 0 Å². The standard InChI is InChI=1S/C22H28FN/c1-2-3-4-5-16-6-8-17(9-7-16)18-12-13-21-19(14-18)10-11-20(15-24)22(21)23/h10-12,16-17H,2-9,13-14H2,1H3. The van der Waals surface area contributed by atoms with Crippen LogP contribution in [0.1, 0.15) is 75.0 Å². The highest BCUT2D eigenvalue weighted by Gasteiger charge is 2.26. The fraction of sp³-hybridized carbons (Fsp3) is 0.591. The highest BCUT2D eigenvalue weighted by Crippen LogP contribution is 2.39. The largest absolute Gasteiger partial charge is 0.205 e. The molecule has 0 heterocycles. The number of hydrogen-bond acceptors (Lipinski definition) is 1. The molecule has 0 saturated heterocycles. The Bertz CT molecular complexity index is 645. The Hall–Kier alpha value is -1.62. The van der Waals surface area contributed by atoms with Crippen LogP contribution >= 0.6 is 0 Å². The third-order valence-electron chi connectivity index (χ3n) is 6.01. The molecule has 1 aromatic carbocycles. The van der Waals surface area contributed by atoms with Crippen molar-refractivity contribution >= 4 is 0 Å². The lowest BCUT2D eigenvalue weighted by molar-refractivity contribution is 0.279. The summed E-state index contributed by atoms with van der Waals surface area (Å²) in [4.78, 5) is 0. The molecule has 0 aromatic heterocycles. The average Bonchev–Trinajstić information content (AvgIpc) is 2.63. The van der Waals surface area contributed by atoms with Gasteiger partial charge < -0.3 is 0 Å². The summed E-state index contributed by atoms with van der Waals surface area (Å²) in [6.07, 6.45) is 14.6. The second kappa shape index (κ2) is 7.97. The molecule has 0 amide bonds. The number of rotatable bonds is 5. The molecular formula is C22H28FN. The van der Waals surface area contributed by atoms with Gasteiger partial charge in [-0.05, 0) is 67.6 Å². The Balaban J connectivity index is 1.59. The molecule has 1 saturated carbocycles. The predicted octanol–water partition coefficient (Wildman–Crippen LogP) is 6.11. The number of nitrogens with zero attached hydrogens (tertiary/aromatic N) is 1. The Morgan fingerprint density at radius 2 is 1.96 bits per heavy atom.